The summed E-state index contributed by atoms with van der Waals surface area (Å²) >= 11 is 0. The average Bonchev–Trinajstić information content (AvgIpc) is 2.76. The topological polar surface area (TPSA) is 38.3 Å². The second kappa shape index (κ2) is 5.32. The zero-order chi connectivity index (χ0) is 12.3. The van der Waals surface area contributed by atoms with E-state index in [0.29, 0.717) is 5.92 Å². The van der Waals surface area contributed by atoms with Crippen LogP contribution in [0, 0.1) is 5.92 Å². The molecule has 92 valence electrons. The number of ether oxygens (including phenoxy) is 1. The summed E-state index contributed by atoms with van der Waals surface area (Å²) < 4.78 is 5.49. The fourth-order valence-electron chi connectivity index (χ4n) is 2.19. The number of hydrogen-bond donors (Lipinski definition) is 1. The van der Waals surface area contributed by atoms with Crippen molar-refractivity contribution in [2.24, 2.45) is 5.92 Å². The molecule has 3 heteroatoms. The molecule has 1 heterocycles. The molecule has 0 amide bonds. The maximum Gasteiger partial charge on any atom is 0.324 e. The van der Waals surface area contributed by atoms with E-state index >= 15 is 0 Å². The van der Waals surface area contributed by atoms with E-state index < -0.39 is 0 Å². The molecule has 1 aliphatic rings. The molecule has 3 atom stereocenters. The fourth-order valence-corrected chi connectivity index (χ4v) is 2.19. The maximum absolute atomic E-state index is 12.0. The molecule has 2 rings (SSSR count). The van der Waals surface area contributed by atoms with Crippen LogP contribution in [0.15, 0.2) is 30.3 Å². The first kappa shape index (κ1) is 12.1. The van der Waals surface area contributed by atoms with Crippen molar-refractivity contribution in [1.82, 2.24) is 5.32 Å². The Morgan fingerprint density at radius 1 is 1.41 bits per heavy atom. The Labute approximate surface area is 102 Å². The third-order valence-electron chi connectivity index (χ3n) is 3.35. The molecule has 1 fully saturated rings. The van der Waals surface area contributed by atoms with Gasteiger partial charge in [0.1, 0.15) is 12.1 Å². The standard InChI is InChI=1S/C14H19NO2/c1-10-8-9-15-13(10)14(16)17-11(2)12-6-4-3-5-7-12/h3-7,10-11,13,15H,8-9H2,1-2H3. The van der Waals surface area contributed by atoms with Crippen molar-refractivity contribution in [3.8, 4) is 0 Å². The first-order valence-corrected chi connectivity index (χ1v) is 6.17. The lowest BCUT2D eigenvalue weighted by atomic mass is 10.0. The predicted octanol–water partition coefficient (Wildman–Crippen LogP) is 2.29. The molecule has 1 aliphatic heterocycles. The van der Waals surface area contributed by atoms with Crippen LogP contribution in [0.2, 0.25) is 0 Å². The molecular weight excluding hydrogens is 214 g/mol. The van der Waals surface area contributed by atoms with Crippen LogP contribution in [0.1, 0.15) is 31.9 Å². The predicted molar refractivity (Wildman–Crippen MR) is 66.5 cm³/mol. The highest BCUT2D eigenvalue weighted by Gasteiger charge is 2.31. The highest BCUT2D eigenvalue weighted by Crippen LogP contribution is 2.21. The number of hydrogen-bond acceptors (Lipinski definition) is 3. The van der Waals surface area contributed by atoms with E-state index in [-0.39, 0.29) is 18.1 Å². The number of carbonyl (C=O) groups excluding carboxylic acids is 1. The van der Waals surface area contributed by atoms with Gasteiger partial charge in [-0.1, -0.05) is 37.3 Å². The van der Waals surface area contributed by atoms with Gasteiger partial charge in [-0.15, -0.1) is 0 Å². The van der Waals surface area contributed by atoms with Gasteiger partial charge in [0, 0.05) is 0 Å². The number of rotatable bonds is 3. The van der Waals surface area contributed by atoms with Crippen molar-refractivity contribution >= 4 is 5.97 Å². The third kappa shape index (κ3) is 2.86. The van der Waals surface area contributed by atoms with Crippen LogP contribution in [0.3, 0.4) is 0 Å². The number of nitrogens with one attached hydrogen (secondary N) is 1. The van der Waals surface area contributed by atoms with E-state index in [0.717, 1.165) is 18.5 Å². The fraction of sp³-hybridized carbons (Fsp3) is 0.500. The zero-order valence-corrected chi connectivity index (χ0v) is 10.3. The van der Waals surface area contributed by atoms with Gasteiger partial charge in [0.05, 0.1) is 0 Å². The van der Waals surface area contributed by atoms with Crippen LogP contribution >= 0.6 is 0 Å². The van der Waals surface area contributed by atoms with Crippen LogP contribution < -0.4 is 5.32 Å². The van der Waals surface area contributed by atoms with Crippen LogP contribution in [-0.4, -0.2) is 18.6 Å². The third-order valence-corrected chi connectivity index (χ3v) is 3.35. The summed E-state index contributed by atoms with van der Waals surface area (Å²) in [6.07, 6.45) is 0.859. The lowest BCUT2D eigenvalue weighted by Crippen LogP contribution is -2.36. The van der Waals surface area contributed by atoms with Gasteiger partial charge in [0.2, 0.25) is 0 Å². The molecule has 17 heavy (non-hydrogen) atoms. The minimum absolute atomic E-state index is 0.133. The maximum atomic E-state index is 12.0. The van der Waals surface area contributed by atoms with E-state index in [1.807, 2.05) is 37.3 Å². The first-order valence-electron chi connectivity index (χ1n) is 6.17. The van der Waals surface area contributed by atoms with Gasteiger partial charge in [-0.25, -0.2) is 0 Å². The summed E-state index contributed by atoms with van der Waals surface area (Å²) in [6.45, 7) is 4.90. The molecule has 1 aromatic carbocycles. The summed E-state index contributed by atoms with van der Waals surface area (Å²) in [6, 6.07) is 9.68. The second-order valence-electron chi connectivity index (χ2n) is 4.69. The SMILES string of the molecule is CC(OC(=O)C1NCCC1C)c1ccccc1. The minimum Gasteiger partial charge on any atom is -0.457 e. The van der Waals surface area contributed by atoms with Crippen molar-refractivity contribution in [2.75, 3.05) is 6.54 Å². The summed E-state index contributed by atoms with van der Waals surface area (Å²) in [5.74, 6) is 0.233. The average molecular weight is 233 g/mol. The summed E-state index contributed by atoms with van der Waals surface area (Å²) in [5, 5.41) is 3.19. The van der Waals surface area contributed by atoms with Crippen molar-refractivity contribution in [3.63, 3.8) is 0 Å². The van der Waals surface area contributed by atoms with E-state index in [2.05, 4.69) is 12.2 Å². The molecule has 0 aliphatic carbocycles. The molecular formula is C14H19NO2. The lowest BCUT2D eigenvalue weighted by Gasteiger charge is -2.19. The molecule has 3 unspecified atom stereocenters. The Morgan fingerprint density at radius 3 is 2.71 bits per heavy atom. The van der Waals surface area contributed by atoms with Crippen LogP contribution in [0.5, 0.6) is 0 Å². The summed E-state index contributed by atoms with van der Waals surface area (Å²) in [7, 11) is 0. The molecule has 3 nitrogen and oxygen atoms in total. The smallest absolute Gasteiger partial charge is 0.324 e. The number of benzene rings is 1. The lowest BCUT2D eigenvalue weighted by molar-refractivity contribution is -0.151. The highest BCUT2D eigenvalue weighted by molar-refractivity contribution is 5.76. The van der Waals surface area contributed by atoms with Crippen molar-refractivity contribution < 1.29 is 9.53 Å². The van der Waals surface area contributed by atoms with E-state index in [1.54, 1.807) is 0 Å². The Balaban J connectivity index is 1.95. The zero-order valence-electron chi connectivity index (χ0n) is 10.3. The molecule has 0 spiro atoms. The second-order valence-corrected chi connectivity index (χ2v) is 4.69. The van der Waals surface area contributed by atoms with Gasteiger partial charge in [0.15, 0.2) is 0 Å². The first-order chi connectivity index (χ1) is 8.18. The summed E-state index contributed by atoms with van der Waals surface area (Å²) in [4.78, 5) is 12.0. The van der Waals surface area contributed by atoms with Crippen molar-refractivity contribution in [3.05, 3.63) is 35.9 Å². The molecule has 0 radical (unpaired) electrons. The number of esters is 1. The van der Waals surface area contributed by atoms with Crippen molar-refractivity contribution in [2.45, 2.75) is 32.4 Å². The van der Waals surface area contributed by atoms with Gasteiger partial charge < -0.3 is 10.1 Å². The van der Waals surface area contributed by atoms with Crippen LogP contribution in [-0.2, 0) is 9.53 Å². The van der Waals surface area contributed by atoms with E-state index in [4.69, 9.17) is 4.74 Å². The molecule has 0 saturated carbocycles. The number of carbonyl (C=O) groups is 1. The molecule has 1 N–H and O–H groups in total. The van der Waals surface area contributed by atoms with Gasteiger partial charge in [0.25, 0.3) is 0 Å². The molecule has 0 bridgehead atoms. The Kier molecular flexibility index (Phi) is 3.79. The molecule has 1 aromatic rings. The Hall–Kier alpha value is -1.35. The van der Waals surface area contributed by atoms with Gasteiger partial charge in [-0.3, -0.25) is 4.79 Å². The monoisotopic (exact) mass is 233 g/mol. The molecule has 1 saturated heterocycles. The highest BCUT2D eigenvalue weighted by atomic mass is 16.5. The molecule has 0 aromatic heterocycles. The quantitative estimate of drug-likeness (QED) is 0.814. The largest absolute Gasteiger partial charge is 0.457 e. The van der Waals surface area contributed by atoms with Crippen LogP contribution in [0.25, 0.3) is 0 Å². The van der Waals surface area contributed by atoms with Crippen molar-refractivity contribution in [1.29, 1.82) is 0 Å². The van der Waals surface area contributed by atoms with Crippen LogP contribution in [0.4, 0.5) is 0 Å². The minimum atomic E-state index is -0.182. The van der Waals surface area contributed by atoms with Gasteiger partial charge in [-0.05, 0) is 31.4 Å². The summed E-state index contributed by atoms with van der Waals surface area (Å²) in [5.41, 5.74) is 1.03. The Bertz CT molecular complexity index is 377. The Morgan fingerprint density at radius 2 is 2.12 bits per heavy atom. The van der Waals surface area contributed by atoms with E-state index in [9.17, 15) is 4.79 Å². The van der Waals surface area contributed by atoms with Gasteiger partial charge in [-0.2, -0.15) is 0 Å². The van der Waals surface area contributed by atoms with E-state index in [1.165, 1.54) is 0 Å². The normalized spacial score (nSPS) is 25.5. The van der Waals surface area contributed by atoms with Gasteiger partial charge >= 0.3 is 5.97 Å².